The summed E-state index contributed by atoms with van der Waals surface area (Å²) in [6, 6.07) is 24.1. The number of nitrogens with one attached hydrogen (secondary N) is 1. The molecule has 0 saturated heterocycles. The Bertz CT molecular complexity index is 1070. The standard InChI is InChI=1S/C22H19N3OS/c26-15-18-9-3-6-12-21(18)27-20-11-5-2-8-17(20)14-24-22-23-13-16-7-1-4-10-19(16)25-22/h1-13,26H,14-15H2,(H,23,24,25). The van der Waals surface area contributed by atoms with E-state index in [2.05, 4.69) is 27.4 Å². The van der Waals surface area contributed by atoms with E-state index in [0.717, 1.165) is 31.8 Å². The molecular weight excluding hydrogens is 354 g/mol. The Balaban J connectivity index is 1.54. The zero-order valence-electron chi connectivity index (χ0n) is 14.7. The number of fused-ring (bicyclic) bond motifs is 1. The Labute approximate surface area is 162 Å². The van der Waals surface area contributed by atoms with Crippen LogP contribution in [0.3, 0.4) is 0 Å². The van der Waals surface area contributed by atoms with E-state index >= 15 is 0 Å². The van der Waals surface area contributed by atoms with Crippen LogP contribution in [0.4, 0.5) is 5.95 Å². The van der Waals surface area contributed by atoms with Crippen LogP contribution in [0.5, 0.6) is 0 Å². The van der Waals surface area contributed by atoms with Gasteiger partial charge in [-0.1, -0.05) is 66.4 Å². The predicted octanol–water partition coefficient (Wildman–Crippen LogP) is 4.89. The molecule has 0 spiro atoms. The molecule has 27 heavy (non-hydrogen) atoms. The van der Waals surface area contributed by atoms with Crippen LogP contribution in [-0.2, 0) is 13.2 Å². The van der Waals surface area contributed by atoms with Gasteiger partial charge in [0.15, 0.2) is 0 Å². The summed E-state index contributed by atoms with van der Waals surface area (Å²) in [5, 5.41) is 13.9. The fourth-order valence-electron chi connectivity index (χ4n) is 2.83. The molecule has 0 bridgehead atoms. The quantitative estimate of drug-likeness (QED) is 0.504. The Kier molecular flexibility index (Phi) is 5.32. The highest BCUT2D eigenvalue weighted by molar-refractivity contribution is 7.99. The number of hydrogen-bond donors (Lipinski definition) is 2. The highest BCUT2D eigenvalue weighted by Gasteiger charge is 2.08. The van der Waals surface area contributed by atoms with Crippen LogP contribution in [-0.4, -0.2) is 15.1 Å². The molecule has 1 heterocycles. The number of nitrogens with zero attached hydrogens (tertiary/aromatic N) is 2. The lowest BCUT2D eigenvalue weighted by Gasteiger charge is -2.12. The maximum atomic E-state index is 9.56. The minimum Gasteiger partial charge on any atom is -0.392 e. The van der Waals surface area contributed by atoms with Crippen molar-refractivity contribution in [3.63, 3.8) is 0 Å². The first-order valence-electron chi connectivity index (χ1n) is 8.73. The SMILES string of the molecule is OCc1ccccc1Sc1ccccc1CNc1ncc2ccccc2n1. The fourth-order valence-corrected chi connectivity index (χ4v) is 3.90. The second-order valence-corrected chi connectivity index (χ2v) is 7.17. The Morgan fingerprint density at radius 3 is 2.30 bits per heavy atom. The Morgan fingerprint density at radius 2 is 1.48 bits per heavy atom. The second-order valence-electron chi connectivity index (χ2n) is 6.08. The number of hydrogen-bond acceptors (Lipinski definition) is 5. The van der Waals surface area contributed by atoms with Crippen molar-refractivity contribution in [1.29, 1.82) is 0 Å². The summed E-state index contributed by atoms with van der Waals surface area (Å²) in [6.45, 7) is 0.664. The highest BCUT2D eigenvalue weighted by Crippen LogP contribution is 2.33. The lowest BCUT2D eigenvalue weighted by atomic mass is 10.2. The number of aromatic nitrogens is 2. The molecular formula is C22H19N3OS. The van der Waals surface area contributed by atoms with Gasteiger partial charge in [-0.15, -0.1) is 0 Å². The maximum Gasteiger partial charge on any atom is 0.223 e. The van der Waals surface area contributed by atoms with Gasteiger partial charge >= 0.3 is 0 Å². The predicted molar refractivity (Wildman–Crippen MR) is 110 cm³/mol. The van der Waals surface area contributed by atoms with Gasteiger partial charge in [0, 0.05) is 27.9 Å². The molecule has 0 amide bonds. The molecule has 0 atom stereocenters. The first kappa shape index (κ1) is 17.5. The number of aliphatic hydroxyl groups excluding tert-OH is 1. The van der Waals surface area contributed by atoms with Crippen LogP contribution in [0.2, 0.25) is 0 Å². The van der Waals surface area contributed by atoms with Crippen molar-refractivity contribution in [2.75, 3.05) is 5.32 Å². The molecule has 0 aliphatic carbocycles. The van der Waals surface area contributed by atoms with E-state index in [-0.39, 0.29) is 6.61 Å². The number of aliphatic hydroxyl groups is 1. The third-order valence-corrected chi connectivity index (χ3v) is 5.50. The first-order valence-corrected chi connectivity index (χ1v) is 9.55. The van der Waals surface area contributed by atoms with Crippen molar-refractivity contribution < 1.29 is 5.11 Å². The van der Waals surface area contributed by atoms with Crippen LogP contribution in [0, 0.1) is 0 Å². The zero-order chi connectivity index (χ0) is 18.5. The summed E-state index contributed by atoms with van der Waals surface area (Å²) in [5.41, 5.74) is 3.02. The molecule has 4 nitrogen and oxygen atoms in total. The molecule has 3 aromatic carbocycles. The first-order chi connectivity index (χ1) is 13.3. The van der Waals surface area contributed by atoms with E-state index in [1.54, 1.807) is 11.8 Å². The average Bonchev–Trinajstić information content (AvgIpc) is 2.73. The normalized spacial score (nSPS) is 10.9. The van der Waals surface area contributed by atoms with Gasteiger partial charge in [0.25, 0.3) is 0 Å². The molecule has 4 aromatic rings. The van der Waals surface area contributed by atoms with E-state index < -0.39 is 0 Å². The smallest absolute Gasteiger partial charge is 0.223 e. The number of rotatable bonds is 6. The minimum atomic E-state index is 0.0362. The zero-order valence-corrected chi connectivity index (χ0v) is 15.5. The molecule has 4 rings (SSSR count). The molecule has 2 N–H and O–H groups in total. The van der Waals surface area contributed by atoms with Crippen molar-refractivity contribution in [3.05, 3.63) is 90.1 Å². The summed E-state index contributed by atoms with van der Waals surface area (Å²) in [4.78, 5) is 11.2. The summed E-state index contributed by atoms with van der Waals surface area (Å²) in [5.74, 6) is 0.615. The van der Waals surface area contributed by atoms with Crippen LogP contribution < -0.4 is 5.32 Å². The number of para-hydroxylation sites is 1. The largest absolute Gasteiger partial charge is 0.392 e. The van der Waals surface area contributed by atoms with Crippen molar-refractivity contribution in [1.82, 2.24) is 9.97 Å². The van der Waals surface area contributed by atoms with Gasteiger partial charge in [-0.3, -0.25) is 0 Å². The van der Waals surface area contributed by atoms with Crippen molar-refractivity contribution >= 4 is 28.6 Å². The van der Waals surface area contributed by atoms with E-state index in [1.165, 1.54) is 0 Å². The average molecular weight is 373 g/mol. The molecule has 1 aromatic heterocycles. The Hall–Kier alpha value is -2.89. The minimum absolute atomic E-state index is 0.0362. The van der Waals surface area contributed by atoms with E-state index in [4.69, 9.17) is 0 Å². The summed E-state index contributed by atoms with van der Waals surface area (Å²) >= 11 is 1.66. The lowest BCUT2D eigenvalue weighted by molar-refractivity contribution is 0.279. The van der Waals surface area contributed by atoms with Gasteiger partial charge < -0.3 is 10.4 Å². The molecule has 0 aliphatic heterocycles. The molecule has 0 aliphatic rings. The van der Waals surface area contributed by atoms with E-state index in [1.807, 2.05) is 66.9 Å². The summed E-state index contributed by atoms with van der Waals surface area (Å²) < 4.78 is 0. The summed E-state index contributed by atoms with van der Waals surface area (Å²) in [7, 11) is 0. The van der Waals surface area contributed by atoms with Gasteiger partial charge in [0.2, 0.25) is 5.95 Å². The van der Waals surface area contributed by atoms with E-state index in [9.17, 15) is 5.11 Å². The number of anilines is 1. The van der Waals surface area contributed by atoms with Gasteiger partial charge in [-0.25, -0.2) is 9.97 Å². The van der Waals surface area contributed by atoms with Crippen molar-refractivity contribution in [2.24, 2.45) is 0 Å². The van der Waals surface area contributed by atoms with Crippen LogP contribution in [0.25, 0.3) is 10.9 Å². The third kappa shape index (κ3) is 4.10. The van der Waals surface area contributed by atoms with Gasteiger partial charge in [-0.2, -0.15) is 0 Å². The molecule has 134 valence electrons. The van der Waals surface area contributed by atoms with E-state index in [0.29, 0.717) is 12.5 Å². The highest BCUT2D eigenvalue weighted by atomic mass is 32.2. The van der Waals surface area contributed by atoms with Crippen LogP contribution in [0.1, 0.15) is 11.1 Å². The topological polar surface area (TPSA) is 58.0 Å². The summed E-state index contributed by atoms with van der Waals surface area (Å²) in [6.07, 6.45) is 1.84. The third-order valence-electron chi connectivity index (χ3n) is 4.26. The Morgan fingerprint density at radius 1 is 0.815 bits per heavy atom. The van der Waals surface area contributed by atoms with Crippen LogP contribution >= 0.6 is 11.8 Å². The number of benzene rings is 3. The molecule has 0 radical (unpaired) electrons. The molecule has 5 heteroatoms. The molecule has 0 fully saturated rings. The van der Waals surface area contributed by atoms with Gasteiger partial charge in [0.1, 0.15) is 0 Å². The van der Waals surface area contributed by atoms with Crippen LogP contribution in [0.15, 0.2) is 88.8 Å². The second kappa shape index (κ2) is 8.20. The van der Waals surface area contributed by atoms with Crippen molar-refractivity contribution in [2.45, 2.75) is 22.9 Å². The monoisotopic (exact) mass is 373 g/mol. The fraction of sp³-hybridized carbons (Fsp3) is 0.0909. The molecule has 0 saturated carbocycles. The lowest BCUT2D eigenvalue weighted by Crippen LogP contribution is -2.04. The molecule has 0 unspecified atom stereocenters. The van der Waals surface area contributed by atoms with Gasteiger partial charge in [-0.05, 0) is 29.3 Å². The van der Waals surface area contributed by atoms with Crippen molar-refractivity contribution in [3.8, 4) is 0 Å². The van der Waals surface area contributed by atoms with Gasteiger partial charge in [0.05, 0.1) is 12.1 Å². The maximum absolute atomic E-state index is 9.56.